The Kier molecular flexibility index (Phi) is 5.44. The van der Waals surface area contributed by atoms with Crippen molar-refractivity contribution in [2.75, 3.05) is 43.6 Å². The first-order chi connectivity index (χ1) is 14.1. The smallest absolute Gasteiger partial charge is 0.211 e. The Bertz CT molecular complexity index is 898. The molecule has 2 fully saturated rings. The van der Waals surface area contributed by atoms with Gasteiger partial charge in [0.2, 0.25) is 6.41 Å². The Labute approximate surface area is 170 Å². The second kappa shape index (κ2) is 8.16. The van der Waals surface area contributed by atoms with E-state index in [1.54, 1.807) is 7.05 Å². The molecule has 1 aliphatic carbocycles. The number of carbonyl (C=O) groups excluding carboxylic acids is 1. The van der Waals surface area contributed by atoms with Crippen molar-refractivity contribution in [3.05, 3.63) is 41.7 Å². The highest BCUT2D eigenvalue weighted by Gasteiger charge is 2.40. The maximum absolute atomic E-state index is 10.6. The van der Waals surface area contributed by atoms with Gasteiger partial charge in [-0.15, -0.1) is 0 Å². The molecule has 1 aromatic carbocycles. The van der Waals surface area contributed by atoms with Crippen LogP contribution in [0.1, 0.15) is 24.0 Å². The molecule has 29 heavy (non-hydrogen) atoms. The number of nitrogens with one attached hydrogen (secondary N) is 2. The van der Waals surface area contributed by atoms with Crippen LogP contribution in [0.15, 0.2) is 35.6 Å². The van der Waals surface area contributed by atoms with Crippen molar-refractivity contribution >= 4 is 29.4 Å². The van der Waals surface area contributed by atoms with E-state index in [0.717, 1.165) is 53.0 Å². The summed E-state index contributed by atoms with van der Waals surface area (Å²) in [5, 5.41) is 6.26. The summed E-state index contributed by atoms with van der Waals surface area (Å²) in [6, 6.07) is 7.84. The average molecular weight is 393 g/mol. The van der Waals surface area contributed by atoms with Crippen molar-refractivity contribution in [3.8, 4) is 0 Å². The number of nitrogens with zero attached hydrogens (tertiary/aromatic N) is 4. The van der Waals surface area contributed by atoms with Gasteiger partial charge >= 0.3 is 0 Å². The number of anilines is 3. The van der Waals surface area contributed by atoms with Crippen LogP contribution < -0.4 is 16.4 Å². The lowest BCUT2D eigenvalue weighted by Crippen LogP contribution is -2.24. The van der Waals surface area contributed by atoms with Crippen molar-refractivity contribution in [1.82, 2.24) is 14.9 Å². The van der Waals surface area contributed by atoms with E-state index < -0.39 is 0 Å². The number of nitrogen functional groups attached to an aromatic ring is 1. The highest BCUT2D eigenvalue weighted by Crippen LogP contribution is 2.39. The fourth-order valence-corrected chi connectivity index (χ4v) is 4.77. The van der Waals surface area contributed by atoms with Crippen molar-refractivity contribution in [2.24, 2.45) is 16.8 Å². The minimum atomic E-state index is 0.379. The van der Waals surface area contributed by atoms with Crippen LogP contribution in [0.25, 0.3) is 0 Å². The predicted molar refractivity (Wildman–Crippen MR) is 115 cm³/mol. The highest BCUT2D eigenvalue weighted by molar-refractivity contribution is 6.18. The Morgan fingerprint density at radius 1 is 1.21 bits per heavy atom. The van der Waals surface area contributed by atoms with Gasteiger partial charge in [0.15, 0.2) is 0 Å². The summed E-state index contributed by atoms with van der Waals surface area (Å²) in [4.78, 5) is 26.2. The molecule has 1 aromatic heterocycles. The number of aliphatic imine (C=N–C) groups is 1. The van der Waals surface area contributed by atoms with Crippen LogP contribution in [-0.4, -0.2) is 60.2 Å². The molecule has 8 nitrogen and oxygen atoms in total. The van der Waals surface area contributed by atoms with Gasteiger partial charge in [-0.1, -0.05) is 12.1 Å². The maximum Gasteiger partial charge on any atom is 0.211 e. The number of benzene rings is 1. The van der Waals surface area contributed by atoms with Crippen LogP contribution in [0.3, 0.4) is 0 Å². The van der Waals surface area contributed by atoms with E-state index >= 15 is 0 Å². The van der Waals surface area contributed by atoms with E-state index in [4.69, 9.17) is 5.73 Å². The second-order valence-electron chi connectivity index (χ2n) is 7.95. The molecule has 2 unspecified atom stereocenters. The van der Waals surface area contributed by atoms with Gasteiger partial charge in [-0.05, 0) is 43.9 Å². The summed E-state index contributed by atoms with van der Waals surface area (Å²) >= 11 is 0. The molecule has 4 N–H and O–H groups in total. The van der Waals surface area contributed by atoms with Gasteiger partial charge in [-0.3, -0.25) is 9.79 Å². The van der Waals surface area contributed by atoms with Crippen molar-refractivity contribution in [1.29, 1.82) is 0 Å². The third-order valence-electron chi connectivity index (χ3n) is 6.00. The van der Waals surface area contributed by atoms with Gasteiger partial charge in [0.05, 0.1) is 11.3 Å². The van der Waals surface area contributed by atoms with Gasteiger partial charge in [0.25, 0.3) is 0 Å². The zero-order valence-corrected chi connectivity index (χ0v) is 16.8. The molecule has 2 aromatic rings. The zero-order chi connectivity index (χ0) is 20.4. The lowest BCUT2D eigenvalue weighted by Gasteiger charge is -2.20. The molecule has 2 atom stereocenters. The number of fused-ring (bicyclic) bond motifs is 1. The first kappa shape index (κ1) is 19.3. The van der Waals surface area contributed by atoms with Crippen molar-refractivity contribution < 1.29 is 4.79 Å². The molecule has 0 radical (unpaired) electrons. The minimum absolute atomic E-state index is 0.379. The summed E-state index contributed by atoms with van der Waals surface area (Å²) in [7, 11) is 3.93. The third kappa shape index (κ3) is 3.93. The summed E-state index contributed by atoms with van der Waals surface area (Å²) in [5.74, 6) is 2.62. The Morgan fingerprint density at radius 3 is 2.52 bits per heavy atom. The third-order valence-corrected chi connectivity index (χ3v) is 6.00. The Morgan fingerprint density at radius 2 is 1.90 bits per heavy atom. The zero-order valence-electron chi connectivity index (χ0n) is 16.8. The molecule has 0 bridgehead atoms. The van der Waals surface area contributed by atoms with Gasteiger partial charge in [0, 0.05) is 37.4 Å². The molecular weight excluding hydrogens is 366 g/mol. The predicted octanol–water partition coefficient (Wildman–Crippen LogP) is 1.85. The molecule has 2 heterocycles. The van der Waals surface area contributed by atoms with Crippen molar-refractivity contribution in [3.63, 3.8) is 0 Å². The molecule has 1 amide bonds. The number of likely N-dealkylation sites (tertiary alicyclic amines) is 1. The quantitative estimate of drug-likeness (QED) is 0.510. The number of nitrogens with two attached hydrogens (primary N) is 1. The number of aromatic nitrogens is 2. The van der Waals surface area contributed by atoms with Gasteiger partial charge in [-0.2, -0.15) is 0 Å². The lowest BCUT2D eigenvalue weighted by molar-refractivity contribution is -0.105. The van der Waals surface area contributed by atoms with E-state index in [2.05, 4.69) is 37.5 Å². The van der Waals surface area contributed by atoms with Crippen LogP contribution in [0, 0.1) is 11.8 Å². The van der Waals surface area contributed by atoms with E-state index in [1.165, 1.54) is 19.4 Å². The van der Waals surface area contributed by atoms with Crippen LogP contribution in [-0.2, 0) is 4.79 Å². The Balaban J connectivity index is 1.59. The van der Waals surface area contributed by atoms with E-state index in [9.17, 15) is 4.79 Å². The minimum Gasteiger partial charge on any atom is -0.383 e. The number of carbonyl (C=O) groups is 1. The molecule has 4 rings (SSSR count). The summed E-state index contributed by atoms with van der Waals surface area (Å²) in [5.41, 5.74) is 9.31. The van der Waals surface area contributed by atoms with Crippen molar-refractivity contribution in [2.45, 2.75) is 18.9 Å². The van der Waals surface area contributed by atoms with Gasteiger partial charge < -0.3 is 21.3 Å². The van der Waals surface area contributed by atoms with Crippen LogP contribution in [0.2, 0.25) is 0 Å². The monoisotopic (exact) mass is 393 g/mol. The number of rotatable bonds is 6. The van der Waals surface area contributed by atoms with E-state index in [-0.39, 0.29) is 0 Å². The molecule has 152 valence electrons. The van der Waals surface area contributed by atoms with E-state index in [1.807, 2.05) is 24.3 Å². The molecule has 1 saturated carbocycles. The number of amides is 1. The van der Waals surface area contributed by atoms with Crippen LogP contribution in [0.4, 0.5) is 17.3 Å². The van der Waals surface area contributed by atoms with Gasteiger partial charge in [0.1, 0.15) is 18.0 Å². The second-order valence-corrected chi connectivity index (χ2v) is 7.95. The summed E-state index contributed by atoms with van der Waals surface area (Å²) in [6.07, 6.45) is 4.44. The van der Waals surface area contributed by atoms with Crippen LogP contribution in [0.5, 0.6) is 0 Å². The SMILES string of the molecule is C/N=C(/c1ccc(NC=O)cc1)c1c(N)ncnc1NC1CC2CN(C)CC2C1. The largest absolute Gasteiger partial charge is 0.383 e. The maximum atomic E-state index is 10.6. The summed E-state index contributed by atoms with van der Waals surface area (Å²) < 4.78 is 0. The lowest BCUT2D eigenvalue weighted by atomic mass is 10.0. The molecular formula is C21H27N7O. The fourth-order valence-electron chi connectivity index (χ4n) is 4.77. The first-order valence-corrected chi connectivity index (χ1v) is 9.92. The van der Waals surface area contributed by atoms with Crippen LogP contribution >= 0.6 is 0 Å². The molecule has 1 saturated heterocycles. The molecule has 8 heteroatoms. The fraction of sp³-hybridized carbons (Fsp3) is 0.429. The molecule has 0 spiro atoms. The molecule has 1 aliphatic heterocycles. The first-order valence-electron chi connectivity index (χ1n) is 9.92. The summed E-state index contributed by atoms with van der Waals surface area (Å²) in [6.45, 7) is 2.34. The topological polar surface area (TPSA) is 109 Å². The number of hydrogen-bond donors (Lipinski definition) is 3. The molecule has 2 aliphatic rings. The standard InChI is InChI=1S/C21H27N7O/c1-23-19(13-3-5-16(6-4-13)26-12-29)18-20(22)24-11-25-21(18)27-17-7-14-9-28(2)10-15(14)8-17/h3-6,11-12,14-15,17H,7-10H2,1-2H3,(H,26,29)(H3,22,24,25,27)/b23-19-. The average Bonchev–Trinajstić information content (AvgIpc) is 3.22. The normalized spacial score (nSPS) is 24.3. The number of hydrogen-bond acceptors (Lipinski definition) is 7. The van der Waals surface area contributed by atoms with Gasteiger partial charge in [-0.25, -0.2) is 9.97 Å². The highest BCUT2D eigenvalue weighted by atomic mass is 16.1. The van der Waals surface area contributed by atoms with E-state index in [0.29, 0.717) is 18.3 Å². The Hall–Kier alpha value is -3.00.